The normalized spacial score (nSPS) is 17.8. The number of hydrogen-bond donors (Lipinski definition) is 3. The molecule has 1 saturated heterocycles. The van der Waals surface area contributed by atoms with Gasteiger partial charge < -0.3 is 25.2 Å². The predicted octanol–water partition coefficient (Wildman–Crippen LogP) is 3.13. The molecule has 0 radical (unpaired) electrons. The molecule has 3 atom stereocenters. The zero-order valence-electron chi connectivity index (χ0n) is 22.8. The van der Waals surface area contributed by atoms with Gasteiger partial charge in [-0.05, 0) is 45.7 Å². The van der Waals surface area contributed by atoms with Crippen molar-refractivity contribution in [2.75, 3.05) is 5.88 Å². The lowest BCUT2D eigenvalue weighted by Gasteiger charge is -2.33. The number of hydrogen-bond acceptors (Lipinski definition) is 7. The second kappa shape index (κ2) is 12.2. The van der Waals surface area contributed by atoms with Gasteiger partial charge in [-0.1, -0.05) is 53.7 Å². The third-order valence-electron chi connectivity index (χ3n) is 7.00. The zero-order valence-corrected chi connectivity index (χ0v) is 23.6. The number of rotatable bonds is 9. The average molecular weight is 569 g/mol. The molecule has 0 saturated carbocycles. The molecule has 1 fully saturated rings. The number of thioether (sulfide) groups is 1. The van der Waals surface area contributed by atoms with E-state index in [0.717, 1.165) is 5.56 Å². The van der Waals surface area contributed by atoms with Gasteiger partial charge in [-0.15, -0.1) is 11.8 Å². The number of halogens is 1. The Morgan fingerprint density at radius 1 is 1.15 bits per heavy atom. The Morgan fingerprint density at radius 2 is 1.82 bits per heavy atom. The minimum atomic E-state index is -1.65. The van der Waals surface area contributed by atoms with Gasteiger partial charge in [-0.2, -0.15) is 0 Å². The fourth-order valence-corrected chi connectivity index (χ4v) is 5.97. The molecule has 11 heteroatoms. The summed E-state index contributed by atoms with van der Waals surface area (Å²) in [5.74, 6) is -1.64. The molecule has 1 aliphatic heterocycles. The van der Waals surface area contributed by atoms with E-state index in [1.165, 1.54) is 22.7 Å². The Labute approximate surface area is 236 Å². The molecule has 212 valence electrons. The minimum Gasteiger partial charge on any atom is -0.381 e. The lowest BCUT2D eigenvalue weighted by molar-refractivity contribution is -0.147. The number of carbonyl (C=O) groups is 3. The van der Waals surface area contributed by atoms with Gasteiger partial charge in [0, 0.05) is 16.9 Å². The van der Waals surface area contributed by atoms with Crippen molar-refractivity contribution in [1.82, 2.24) is 20.7 Å². The van der Waals surface area contributed by atoms with Crippen molar-refractivity contribution in [3.8, 4) is 0 Å². The molecule has 0 bridgehead atoms. The van der Waals surface area contributed by atoms with Gasteiger partial charge >= 0.3 is 0 Å². The lowest BCUT2D eigenvalue weighted by atomic mass is 9.96. The number of carbonyl (C=O) groups excluding carboxylic acids is 3. The summed E-state index contributed by atoms with van der Waals surface area (Å²) in [7, 11) is 0. The summed E-state index contributed by atoms with van der Waals surface area (Å²) in [6, 6.07) is 13.4. The SMILES string of the molecule is Cc1noc(C)c1C(=O)N[C@@H](Cc1ccccc1)[C@H](O)C(=O)N1CSC(C)(C)C1C(=O)NCc1ccccc1F. The number of aliphatic hydroxyl groups is 1. The van der Waals surface area contributed by atoms with Crippen LogP contribution < -0.4 is 10.6 Å². The first kappa shape index (κ1) is 29.3. The summed E-state index contributed by atoms with van der Waals surface area (Å²) in [5.41, 5.74) is 1.75. The molecule has 1 aromatic heterocycles. The van der Waals surface area contributed by atoms with Crippen LogP contribution in [0, 0.1) is 19.7 Å². The largest absolute Gasteiger partial charge is 0.381 e. The van der Waals surface area contributed by atoms with E-state index in [0.29, 0.717) is 17.0 Å². The molecule has 2 aromatic carbocycles. The standard InChI is InChI=1S/C29H33FN4O5S/c1-17-23(18(2)39-33-17)26(36)32-22(14-19-10-6-5-7-11-19)24(35)28(38)34-16-40-29(3,4)25(34)27(37)31-15-20-12-8-9-13-21(20)30/h5-13,22,24-25,35H,14-16H2,1-4H3,(H,31,37)(H,32,36)/t22-,24-,25?/m0/s1. The topological polar surface area (TPSA) is 125 Å². The Balaban J connectivity index is 1.55. The number of aryl methyl sites for hydroxylation is 2. The summed E-state index contributed by atoms with van der Waals surface area (Å²) >= 11 is 1.40. The van der Waals surface area contributed by atoms with Crippen LogP contribution in [0.15, 0.2) is 59.1 Å². The van der Waals surface area contributed by atoms with Crippen LogP contribution in [0.4, 0.5) is 4.39 Å². The Bertz CT molecular complexity index is 1360. The predicted molar refractivity (Wildman–Crippen MR) is 149 cm³/mol. The molecule has 3 amide bonds. The zero-order chi connectivity index (χ0) is 29.0. The average Bonchev–Trinajstić information content (AvgIpc) is 3.44. The van der Waals surface area contributed by atoms with Gasteiger partial charge in [-0.25, -0.2) is 4.39 Å². The minimum absolute atomic E-state index is 0.0442. The molecule has 0 spiro atoms. The summed E-state index contributed by atoms with van der Waals surface area (Å²) < 4.78 is 18.5. The highest BCUT2D eigenvalue weighted by Crippen LogP contribution is 2.40. The summed E-state index contributed by atoms with van der Waals surface area (Å²) in [6.07, 6.45) is -1.49. The number of benzene rings is 2. The number of nitrogens with zero attached hydrogens (tertiary/aromatic N) is 2. The van der Waals surface area contributed by atoms with E-state index in [1.807, 2.05) is 44.2 Å². The number of aromatic nitrogens is 1. The molecule has 3 aromatic rings. The molecule has 9 nitrogen and oxygen atoms in total. The van der Waals surface area contributed by atoms with Crippen molar-refractivity contribution in [3.63, 3.8) is 0 Å². The smallest absolute Gasteiger partial charge is 0.257 e. The highest BCUT2D eigenvalue weighted by molar-refractivity contribution is 8.00. The van der Waals surface area contributed by atoms with E-state index in [2.05, 4.69) is 15.8 Å². The van der Waals surface area contributed by atoms with Gasteiger partial charge in [-0.3, -0.25) is 14.4 Å². The number of nitrogens with one attached hydrogen (secondary N) is 2. The maximum atomic E-state index is 14.1. The van der Waals surface area contributed by atoms with Crippen molar-refractivity contribution in [2.45, 2.75) is 63.6 Å². The molecule has 0 aliphatic carbocycles. The van der Waals surface area contributed by atoms with Crippen LogP contribution in [0.2, 0.25) is 0 Å². The summed E-state index contributed by atoms with van der Waals surface area (Å²) in [4.78, 5) is 41.6. The molecular weight excluding hydrogens is 535 g/mol. The third kappa shape index (κ3) is 6.37. The van der Waals surface area contributed by atoms with E-state index < -0.39 is 46.5 Å². The highest BCUT2D eigenvalue weighted by Gasteiger charge is 2.49. The monoisotopic (exact) mass is 568 g/mol. The second-order valence-corrected chi connectivity index (χ2v) is 11.9. The van der Waals surface area contributed by atoms with E-state index in [4.69, 9.17) is 4.52 Å². The van der Waals surface area contributed by atoms with E-state index in [9.17, 15) is 23.9 Å². The van der Waals surface area contributed by atoms with E-state index in [1.54, 1.807) is 32.0 Å². The fraction of sp³-hybridized carbons (Fsp3) is 0.379. The fourth-order valence-electron chi connectivity index (χ4n) is 4.83. The maximum Gasteiger partial charge on any atom is 0.257 e. The Kier molecular flexibility index (Phi) is 8.95. The van der Waals surface area contributed by atoms with Crippen molar-refractivity contribution in [1.29, 1.82) is 0 Å². The van der Waals surface area contributed by atoms with Crippen LogP contribution in [0.25, 0.3) is 0 Å². The molecule has 2 heterocycles. The van der Waals surface area contributed by atoms with E-state index >= 15 is 0 Å². The van der Waals surface area contributed by atoms with Crippen LogP contribution in [-0.4, -0.2) is 61.7 Å². The van der Waals surface area contributed by atoms with Gasteiger partial charge in [0.05, 0.1) is 17.6 Å². The first-order valence-electron chi connectivity index (χ1n) is 12.9. The number of aliphatic hydroxyl groups excluding tert-OH is 1. The van der Waals surface area contributed by atoms with Gasteiger partial charge in [0.1, 0.15) is 23.2 Å². The molecule has 40 heavy (non-hydrogen) atoms. The summed E-state index contributed by atoms with van der Waals surface area (Å²) in [6.45, 7) is 6.87. The quantitative estimate of drug-likeness (QED) is 0.362. The second-order valence-electron chi connectivity index (χ2n) is 10.3. The molecule has 1 unspecified atom stereocenters. The van der Waals surface area contributed by atoms with E-state index in [-0.39, 0.29) is 24.4 Å². The number of amides is 3. The Morgan fingerprint density at radius 3 is 2.48 bits per heavy atom. The molecular formula is C29H33FN4O5S. The summed E-state index contributed by atoms with van der Waals surface area (Å²) in [5, 5.41) is 20.7. The van der Waals surface area contributed by atoms with Crippen molar-refractivity contribution < 1.29 is 28.4 Å². The Hall–Kier alpha value is -3.70. The molecule has 4 rings (SSSR count). The van der Waals surface area contributed by atoms with Crippen molar-refractivity contribution >= 4 is 29.5 Å². The van der Waals surface area contributed by atoms with Crippen LogP contribution in [-0.2, 0) is 22.6 Å². The maximum absolute atomic E-state index is 14.1. The van der Waals surface area contributed by atoms with Crippen LogP contribution in [0.1, 0.15) is 46.8 Å². The molecule has 3 N–H and O–H groups in total. The first-order valence-corrected chi connectivity index (χ1v) is 13.9. The van der Waals surface area contributed by atoms with Gasteiger partial charge in [0.25, 0.3) is 11.8 Å². The van der Waals surface area contributed by atoms with Crippen molar-refractivity contribution in [3.05, 3.63) is 88.6 Å². The van der Waals surface area contributed by atoms with Crippen LogP contribution in [0.5, 0.6) is 0 Å². The third-order valence-corrected chi connectivity index (χ3v) is 8.37. The first-order chi connectivity index (χ1) is 19.0. The highest BCUT2D eigenvalue weighted by atomic mass is 32.2. The molecule has 1 aliphatic rings. The van der Waals surface area contributed by atoms with Crippen LogP contribution in [0.3, 0.4) is 0 Å². The van der Waals surface area contributed by atoms with Crippen molar-refractivity contribution in [2.24, 2.45) is 0 Å². The van der Waals surface area contributed by atoms with Crippen LogP contribution >= 0.6 is 11.8 Å². The van der Waals surface area contributed by atoms with Gasteiger partial charge in [0.15, 0.2) is 6.10 Å². The lowest BCUT2D eigenvalue weighted by Crippen LogP contribution is -2.58. The van der Waals surface area contributed by atoms with Gasteiger partial charge in [0.2, 0.25) is 5.91 Å².